The van der Waals surface area contributed by atoms with E-state index >= 15 is 0 Å². The Morgan fingerprint density at radius 3 is 2.65 bits per heavy atom. The highest BCUT2D eigenvalue weighted by Crippen LogP contribution is 2.21. The minimum Gasteiger partial charge on any atom is -0.497 e. The molecule has 0 atom stereocenters. The van der Waals surface area contributed by atoms with Gasteiger partial charge in [0.1, 0.15) is 5.75 Å². The van der Waals surface area contributed by atoms with Crippen molar-refractivity contribution >= 4 is 11.7 Å². The highest BCUT2D eigenvalue weighted by atomic mass is 16.5. The second-order valence-electron chi connectivity index (χ2n) is 3.99. The summed E-state index contributed by atoms with van der Waals surface area (Å²) in [5.41, 5.74) is 1.81. The highest BCUT2D eigenvalue weighted by Gasteiger charge is 2.14. The van der Waals surface area contributed by atoms with Gasteiger partial charge >= 0.3 is 6.03 Å². The molecule has 90 valence electrons. The van der Waals surface area contributed by atoms with Crippen LogP contribution in [-0.2, 0) is 0 Å². The van der Waals surface area contributed by atoms with Crippen LogP contribution in [0.15, 0.2) is 30.4 Å². The van der Waals surface area contributed by atoms with Crippen LogP contribution in [0.2, 0.25) is 0 Å². The number of amides is 2. The molecule has 4 nitrogen and oxygen atoms in total. The first-order valence-electron chi connectivity index (χ1n) is 5.56. The summed E-state index contributed by atoms with van der Waals surface area (Å²) in [5.74, 6) is 0.795. The van der Waals surface area contributed by atoms with Gasteiger partial charge in [0.2, 0.25) is 0 Å². The lowest BCUT2D eigenvalue weighted by molar-refractivity contribution is 0.224. The normalized spacial score (nSPS) is 13.9. The van der Waals surface area contributed by atoms with E-state index in [0.717, 1.165) is 17.0 Å². The highest BCUT2D eigenvalue weighted by molar-refractivity contribution is 5.90. The average molecular weight is 232 g/mol. The van der Waals surface area contributed by atoms with Crippen LogP contribution in [0.3, 0.4) is 0 Å². The van der Waals surface area contributed by atoms with Crippen molar-refractivity contribution in [3.63, 3.8) is 0 Å². The average Bonchev–Trinajstić information content (AvgIpc) is 2.85. The van der Waals surface area contributed by atoms with Gasteiger partial charge in [-0.3, -0.25) is 0 Å². The Balaban J connectivity index is 2.05. The maximum absolute atomic E-state index is 11.9. The van der Waals surface area contributed by atoms with E-state index in [1.807, 2.05) is 37.3 Å². The summed E-state index contributed by atoms with van der Waals surface area (Å²) in [6, 6.07) is 5.53. The summed E-state index contributed by atoms with van der Waals surface area (Å²) < 4.78 is 5.12. The van der Waals surface area contributed by atoms with Crippen molar-refractivity contribution in [2.75, 3.05) is 25.5 Å². The minimum absolute atomic E-state index is 0.0664. The lowest BCUT2D eigenvalue weighted by Gasteiger charge is -2.17. The summed E-state index contributed by atoms with van der Waals surface area (Å²) >= 11 is 0. The molecule has 0 saturated heterocycles. The number of nitrogens with zero attached hydrogens (tertiary/aromatic N) is 1. The molecule has 0 bridgehead atoms. The number of aryl methyl sites for hydroxylation is 1. The van der Waals surface area contributed by atoms with Crippen molar-refractivity contribution in [2.45, 2.75) is 6.92 Å². The zero-order valence-electron chi connectivity index (χ0n) is 10.1. The van der Waals surface area contributed by atoms with E-state index < -0.39 is 0 Å². The lowest BCUT2D eigenvalue weighted by atomic mass is 10.2. The number of methoxy groups -OCH3 is 1. The molecule has 1 aliphatic rings. The van der Waals surface area contributed by atoms with Gasteiger partial charge in [0, 0.05) is 18.8 Å². The molecule has 17 heavy (non-hydrogen) atoms. The summed E-state index contributed by atoms with van der Waals surface area (Å²) in [7, 11) is 1.63. The fourth-order valence-corrected chi connectivity index (χ4v) is 1.74. The first-order valence-corrected chi connectivity index (χ1v) is 5.56. The molecule has 2 rings (SSSR count). The van der Waals surface area contributed by atoms with E-state index in [0.29, 0.717) is 13.1 Å². The van der Waals surface area contributed by atoms with Crippen LogP contribution < -0.4 is 10.1 Å². The number of hydrogen-bond donors (Lipinski definition) is 1. The Morgan fingerprint density at radius 2 is 2.06 bits per heavy atom. The number of benzene rings is 1. The number of urea groups is 1. The van der Waals surface area contributed by atoms with Gasteiger partial charge in [0.25, 0.3) is 0 Å². The zero-order chi connectivity index (χ0) is 12.3. The van der Waals surface area contributed by atoms with Gasteiger partial charge in [-0.15, -0.1) is 0 Å². The molecule has 1 heterocycles. The van der Waals surface area contributed by atoms with Crippen LogP contribution in [0.25, 0.3) is 0 Å². The van der Waals surface area contributed by atoms with Gasteiger partial charge in [-0.1, -0.05) is 12.2 Å². The van der Waals surface area contributed by atoms with Gasteiger partial charge in [-0.25, -0.2) is 4.79 Å². The molecule has 0 radical (unpaired) electrons. The molecule has 1 aliphatic heterocycles. The summed E-state index contributed by atoms with van der Waals surface area (Å²) in [4.78, 5) is 13.6. The molecular weight excluding hydrogens is 216 g/mol. The Labute approximate surface area is 101 Å². The summed E-state index contributed by atoms with van der Waals surface area (Å²) in [6.07, 6.45) is 3.97. The quantitative estimate of drug-likeness (QED) is 0.795. The number of nitrogens with one attached hydrogen (secondary N) is 1. The smallest absolute Gasteiger partial charge is 0.322 e. The number of anilines is 1. The van der Waals surface area contributed by atoms with Gasteiger partial charge in [-0.2, -0.15) is 0 Å². The predicted molar refractivity (Wildman–Crippen MR) is 67.5 cm³/mol. The van der Waals surface area contributed by atoms with Crippen molar-refractivity contribution < 1.29 is 9.53 Å². The number of rotatable bonds is 2. The first-order chi connectivity index (χ1) is 8.20. The predicted octanol–water partition coefficient (Wildman–Crippen LogP) is 2.41. The van der Waals surface area contributed by atoms with Crippen LogP contribution >= 0.6 is 0 Å². The van der Waals surface area contributed by atoms with Crippen LogP contribution in [0.1, 0.15) is 5.56 Å². The van der Waals surface area contributed by atoms with Crippen molar-refractivity contribution in [1.29, 1.82) is 0 Å². The van der Waals surface area contributed by atoms with E-state index in [9.17, 15) is 4.79 Å². The first kappa shape index (κ1) is 11.5. The van der Waals surface area contributed by atoms with E-state index in [2.05, 4.69) is 5.32 Å². The number of carbonyl (C=O) groups excluding carboxylic acids is 1. The molecule has 2 amide bonds. The van der Waals surface area contributed by atoms with E-state index in [-0.39, 0.29) is 6.03 Å². The van der Waals surface area contributed by atoms with Gasteiger partial charge in [0.05, 0.1) is 7.11 Å². The van der Waals surface area contributed by atoms with Gasteiger partial charge < -0.3 is 15.0 Å². The third kappa shape index (κ3) is 2.58. The fraction of sp³-hybridized carbons (Fsp3) is 0.308. The minimum atomic E-state index is -0.0664. The Hall–Kier alpha value is -1.97. The Bertz CT molecular complexity index is 447. The third-order valence-corrected chi connectivity index (χ3v) is 2.78. The lowest BCUT2D eigenvalue weighted by Crippen LogP contribution is -2.32. The molecule has 1 aromatic rings. The fourth-order valence-electron chi connectivity index (χ4n) is 1.74. The van der Waals surface area contributed by atoms with E-state index in [1.165, 1.54) is 0 Å². The topological polar surface area (TPSA) is 41.6 Å². The molecule has 0 spiro atoms. The monoisotopic (exact) mass is 232 g/mol. The Morgan fingerprint density at radius 1 is 1.35 bits per heavy atom. The number of carbonyl (C=O) groups is 1. The molecule has 4 heteroatoms. The third-order valence-electron chi connectivity index (χ3n) is 2.78. The van der Waals surface area contributed by atoms with Crippen molar-refractivity contribution in [3.8, 4) is 5.75 Å². The van der Waals surface area contributed by atoms with Crippen LogP contribution in [0.4, 0.5) is 10.5 Å². The maximum Gasteiger partial charge on any atom is 0.322 e. The summed E-state index contributed by atoms with van der Waals surface area (Å²) in [6.45, 7) is 3.31. The second-order valence-corrected chi connectivity index (χ2v) is 3.99. The molecular formula is C13H16N2O2. The summed E-state index contributed by atoms with van der Waals surface area (Å²) in [5, 5.41) is 2.89. The number of hydrogen-bond acceptors (Lipinski definition) is 2. The molecule has 1 aromatic carbocycles. The SMILES string of the molecule is COc1ccc(NC(=O)N2CC=CC2)c(C)c1. The molecule has 0 unspecified atom stereocenters. The maximum atomic E-state index is 11.9. The molecule has 0 aliphatic carbocycles. The van der Waals surface area contributed by atoms with Crippen molar-refractivity contribution in [1.82, 2.24) is 4.90 Å². The van der Waals surface area contributed by atoms with Gasteiger partial charge in [0.15, 0.2) is 0 Å². The van der Waals surface area contributed by atoms with E-state index in [1.54, 1.807) is 12.0 Å². The van der Waals surface area contributed by atoms with Gasteiger partial charge in [-0.05, 0) is 30.7 Å². The van der Waals surface area contributed by atoms with Crippen LogP contribution in [0, 0.1) is 6.92 Å². The van der Waals surface area contributed by atoms with Crippen LogP contribution in [0.5, 0.6) is 5.75 Å². The molecule has 0 aromatic heterocycles. The number of ether oxygens (including phenoxy) is 1. The Kier molecular flexibility index (Phi) is 3.32. The van der Waals surface area contributed by atoms with Crippen molar-refractivity contribution in [2.24, 2.45) is 0 Å². The van der Waals surface area contributed by atoms with Crippen molar-refractivity contribution in [3.05, 3.63) is 35.9 Å². The standard InChI is InChI=1S/C13H16N2O2/c1-10-9-11(17-2)5-6-12(10)14-13(16)15-7-3-4-8-15/h3-6,9H,7-8H2,1-2H3,(H,14,16). The van der Waals surface area contributed by atoms with E-state index in [4.69, 9.17) is 4.74 Å². The van der Waals surface area contributed by atoms with Crippen LogP contribution in [-0.4, -0.2) is 31.1 Å². The second kappa shape index (κ2) is 4.91. The largest absolute Gasteiger partial charge is 0.497 e. The molecule has 1 N–H and O–H groups in total. The molecule has 0 fully saturated rings. The zero-order valence-corrected chi connectivity index (χ0v) is 10.1. The molecule has 0 saturated carbocycles.